The van der Waals surface area contributed by atoms with E-state index < -0.39 is 0 Å². The van der Waals surface area contributed by atoms with Gasteiger partial charge < -0.3 is 15.8 Å². The fraction of sp³-hybridized carbons (Fsp3) is 0.0588. The van der Waals surface area contributed by atoms with Gasteiger partial charge in [0, 0.05) is 23.4 Å². The molecule has 0 spiro atoms. The van der Waals surface area contributed by atoms with E-state index in [2.05, 4.69) is 15.3 Å². The summed E-state index contributed by atoms with van der Waals surface area (Å²) >= 11 is 0. The molecular formula is C17H15FN4O. The molecule has 0 saturated heterocycles. The molecule has 0 aliphatic heterocycles. The topological polar surface area (TPSA) is 73.1 Å². The van der Waals surface area contributed by atoms with Crippen LogP contribution in [0.4, 0.5) is 21.7 Å². The number of nitrogen functional groups attached to an aromatic ring is 1. The van der Waals surface area contributed by atoms with Crippen molar-refractivity contribution in [3.63, 3.8) is 0 Å². The van der Waals surface area contributed by atoms with Gasteiger partial charge in [-0.15, -0.1) is 0 Å². The van der Waals surface area contributed by atoms with Crippen molar-refractivity contribution in [2.75, 3.05) is 18.2 Å². The number of hydrogen-bond acceptors (Lipinski definition) is 5. The summed E-state index contributed by atoms with van der Waals surface area (Å²) < 4.78 is 18.2. The van der Waals surface area contributed by atoms with E-state index in [0.717, 1.165) is 11.4 Å². The van der Waals surface area contributed by atoms with Gasteiger partial charge in [0.1, 0.15) is 23.2 Å². The SMILES string of the molecule is COc1cccc(Nc2cc(N)nc(-c3ccc(F)cc3)n2)c1. The summed E-state index contributed by atoms with van der Waals surface area (Å²) in [5.74, 6) is 1.72. The number of rotatable bonds is 4. The number of halogens is 1. The Labute approximate surface area is 133 Å². The van der Waals surface area contributed by atoms with Gasteiger partial charge in [0.15, 0.2) is 5.82 Å². The van der Waals surface area contributed by atoms with Gasteiger partial charge in [-0.1, -0.05) is 6.07 Å². The zero-order valence-electron chi connectivity index (χ0n) is 12.5. The molecule has 6 heteroatoms. The van der Waals surface area contributed by atoms with Gasteiger partial charge >= 0.3 is 0 Å². The van der Waals surface area contributed by atoms with E-state index in [4.69, 9.17) is 10.5 Å². The molecule has 0 bridgehead atoms. The van der Waals surface area contributed by atoms with Gasteiger partial charge in [0.25, 0.3) is 0 Å². The standard InChI is InChI=1S/C17H15FN4O/c1-23-14-4-2-3-13(9-14)20-16-10-15(19)21-17(22-16)11-5-7-12(18)8-6-11/h2-10H,1H3,(H3,19,20,21,22). The molecule has 3 N–H and O–H groups in total. The molecule has 1 heterocycles. The molecule has 0 aliphatic carbocycles. The maximum atomic E-state index is 13.0. The Kier molecular flexibility index (Phi) is 4.05. The molecule has 0 fully saturated rings. The number of ether oxygens (including phenoxy) is 1. The molecular weight excluding hydrogens is 295 g/mol. The van der Waals surface area contributed by atoms with E-state index in [-0.39, 0.29) is 5.82 Å². The quantitative estimate of drug-likeness (QED) is 0.770. The zero-order valence-corrected chi connectivity index (χ0v) is 12.5. The van der Waals surface area contributed by atoms with E-state index in [0.29, 0.717) is 23.0 Å². The Morgan fingerprint density at radius 2 is 1.83 bits per heavy atom. The molecule has 5 nitrogen and oxygen atoms in total. The first-order valence-electron chi connectivity index (χ1n) is 6.95. The zero-order chi connectivity index (χ0) is 16.2. The van der Waals surface area contributed by atoms with Gasteiger partial charge in [-0.05, 0) is 36.4 Å². The average Bonchev–Trinajstić information content (AvgIpc) is 2.55. The molecule has 3 rings (SSSR count). The van der Waals surface area contributed by atoms with Gasteiger partial charge in [-0.3, -0.25) is 0 Å². The number of nitrogens with two attached hydrogens (primary N) is 1. The monoisotopic (exact) mass is 310 g/mol. The number of anilines is 3. The molecule has 0 amide bonds. The molecule has 3 aromatic rings. The van der Waals surface area contributed by atoms with Crippen LogP contribution in [0.15, 0.2) is 54.6 Å². The number of hydrogen-bond donors (Lipinski definition) is 2. The number of benzene rings is 2. The molecule has 0 aliphatic rings. The van der Waals surface area contributed by atoms with Crippen LogP contribution in [0.5, 0.6) is 5.75 Å². The van der Waals surface area contributed by atoms with Crippen LogP contribution in [-0.4, -0.2) is 17.1 Å². The van der Waals surface area contributed by atoms with E-state index in [1.807, 2.05) is 24.3 Å². The first-order chi connectivity index (χ1) is 11.1. The van der Waals surface area contributed by atoms with Crippen LogP contribution in [0, 0.1) is 5.82 Å². The van der Waals surface area contributed by atoms with Crippen molar-refractivity contribution < 1.29 is 9.13 Å². The van der Waals surface area contributed by atoms with Crippen LogP contribution in [0.2, 0.25) is 0 Å². The molecule has 116 valence electrons. The maximum absolute atomic E-state index is 13.0. The minimum absolute atomic E-state index is 0.313. The van der Waals surface area contributed by atoms with E-state index in [9.17, 15) is 4.39 Å². The third kappa shape index (κ3) is 3.55. The van der Waals surface area contributed by atoms with Gasteiger partial charge in [-0.2, -0.15) is 0 Å². The highest BCUT2D eigenvalue weighted by atomic mass is 19.1. The Morgan fingerprint density at radius 3 is 2.57 bits per heavy atom. The van der Waals surface area contributed by atoms with Crippen LogP contribution in [0.25, 0.3) is 11.4 Å². The van der Waals surface area contributed by atoms with Crippen LogP contribution in [0.1, 0.15) is 0 Å². The van der Waals surface area contributed by atoms with E-state index in [1.165, 1.54) is 12.1 Å². The minimum atomic E-state index is -0.313. The number of aromatic nitrogens is 2. The van der Waals surface area contributed by atoms with Crippen molar-refractivity contribution in [1.82, 2.24) is 9.97 Å². The normalized spacial score (nSPS) is 10.3. The van der Waals surface area contributed by atoms with Crippen molar-refractivity contribution >= 4 is 17.3 Å². The Bertz CT molecular complexity index is 821. The molecule has 0 atom stereocenters. The Balaban J connectivity index is 1.92. The van der Waals surface area contributed by atoms with Crippen molar-refractivity contribution in [1.29, 1.82) is 0 Å². The summed E-state index contributed by atoms with van der Waals surface area (Å²) in [5, 5.41) is 3.16. The highest BCUT2D eigenvalue weighted by Gasteiger charge is 2.06. The summed E-state index contributed by atoms with van der Waals surface area (Å²) in [6, 6.07) is 15.0. The van der Waals surface area contributed by atoms with Gasteiger partial charge in [0.05, 0.1) is 7.11 Å². The summed E-state index contributed by atoms with van der Waals surface area (Å²) in [6.07, 6.45) is 0. The third-order valence-electron chi connectivity index (χ3n) is 3.19. The Morgan fingerprint density at radius 1 is 1.04 bits per heavy atom. The first-order valence-corrected chi connectivity index (χ1v) is 6.95. The number of methoxy groups -OCH3 is 1. The highest BCUT2D eigenvalue weighted by molar-refractivity contribution is 5.65. The lowest BCUT2D eigenvalue weighted by atomic mass is 10.2. The summed E-state index contributed by atoms with van der Waals surface area (Å²) in [4.78, 5) is 8.61. The predicted molar refractivity (Wildman–Crippen MR) is 88.1 cm³/mol. The van der Waals surface area contributed by atoms with Crippen molar-refractivity contribution in [2.24, 2.45) is 0 Å². The Hall–Kier alpha value is -3.15. The van der Waals surface area contributed by atoms with Crippen molar-refractivity contribution in [3.05, 3.63) is 60.4 Å². The lowest BCUT2D eigenvalue weighted by molar-refractivity contribution is 0.415. The number of nitrogens with zero attached hydrogens (tertiary/aromatic N) is 2. The average molecular weight is 310 g/mol. The first kappa shape index (κ1) is 14.8. The number of nitrogens with one attached hydrogen (secondary N) is 1. The second-order valence-corrected chi connectivity index (χ2v) is 4.87. The third-order valence-corrected chi connectivity index (χ3v) is 3.19. The maximum Gasteiger partial charge on any atom is 0.163 e. The highest BCUT2D eigenvalue weighted by Crippen LogP contribution is 2.23. The largest absolute Gasteiger partial charge is 0.497 e. The van der Waals surface area contributed by atoms with Crippen LogP contribution in [0.3, 0.4) is 0 Å². The summed E-state index contributed by atoms with van der Waals surface area (Å²) in [7, 11) is 1.61. The molecule has 0 radical (unpaired) electrons. The van der Waals surface area contributed by atoms with Crippen molar-refractivity contribution in [2.45, 2.75) is 0 Å². The molecule has 1 aromatic heterocycles. The van der Waals surface area contributed by atoms with Gasteiger partial charge in [-0.25, -0.2) is 14.4 Å². The van der Waals surface area contributed by atoms with Crippen LogP contribution in [-0.2, 0) is 0 Å². The molecule has 2 aromatic carbocycles. The summed E-state index contributed by atoms with van der Waals surface area (Å²) in [5.41, 5.74) is 7.35. The van der Waals surface area contributed by atoms with Crippen LogP contribution < -0.4 is 15.8 Å². The fourth-order valence-electron chi connectivity index (χ4n) is 2.11. The minimum Gasteiger partial charge on any atom is -0.497 e. The lowest BCUT2D eigenvalue weighted by Gasteiger charge is -2.09. The van der Waals surface area contributed by atoms with E-state index in [1.54, 1.807) is 25.3 Å². The molecule has 0 unspecified atom stereocenters. The molecule has 0 saturated carbocycles. The smallest absolute Gasteiger partial charge is 0.163 e. The second kappa shape index (κ2) is 6.31. The fourth-order valence-corrected chi connectivity index (χ4v) is 2.11. The van der Waals surface area contributed by atoms with Gasteiger partial charge in [0.2, 0.25) is 0 Å². The predicted octanol–water partition coefficient (Wildman–Crippen LogP) is 3.62. The second-order valence-electron chi connectivity index (χ2n) is 4.87. The lowest BCUT2D eigenvalue weighted by Crippen LogP contribution is -2.01. The molecule has 23 heavy (non-hydrogen) atoms. The van der Waals surface area contributed by atoms with E-state index >= 15 is 0 Å². The summed E-state index contributed by atoms with van der Waals surface area (Å²) in [6.45, 7) is 0. The van der Waals surface area contributed by atoms with Crippen LogP contribution >= 0.6 is 0 Å². The van der Waals surface area contributed by atoms with Crippen molar-refractivity contribution in [3.8, 4) is 17.1 Å².